The fraction of sp³-hybridized carbons (Fsp3) is 0.394. The van der Waals surface area contributed by atoms with Crippen LogP contribution in [-0.2, 0) is 28.3 Å². The topological polar surface area (TPSA) is 75.1 Å². The van der Waals surface area contributed by atoms with Crippen molar-refractivity contribution in [2.75, 3.05) is 33.3 Å². The summed E-state index contributed by atoms with van der Waals surface area (Å²) in [6.07, 6.45) is 5.90. The van der Waals surface area contributed by atoms with Gasteiger partial charge in [-0.05, 0) is 80.3 Å². The quantitative estimate of drug-likeness (QED) is 0.341. The molecule has 0 amide bonds. The molecule has 2 aliphatic heterocycles. The molecule has 1 N–H and O–H groups in total. The van der Waals surface area contributed by atoms with Crippen LogP contribution in [0.5, 0.6) is 5.75 Å². The molecule has 0 bridgehead atoms. The number of carbonyl (C=O) groups excluding carboxylic acids is 1. The number of hydrogen-bond donors (Lipinski definition) is 1. The third-order valence-corrected chi connectivity index (χ3v) is 8.19. The Morgan fingerprint density at radius 2 is 2.02 bits per heavy atom. The summed E-state index contributed by atoms with van der Waals surface area (Å²) >= 11 is 6.08. The average Bonchev–Trinajstić information content (AvgIpc) is 3.37. The van der Waals surface area contributed by atoms with Crippen LogP contribution in [0.2, 0.25) is 5.02 Å². The number of likely N-dealkylation sites (tertiary alicyclic amines) is 1. The predicted octanol–water partition coefficient (Wildman–Crippen LogP) is 5.43. The van der Waals surface area contributed by atoms with Crippen molar-refractivity contribution in [1.29, 1.82) is 0 Å². The number of benzene rings is 2. The van der Waals surface area contributed by atoms with E-state index in [1.807, 2.05) is 48.5 Å². The molecule has 3 heterocycles. The van der Waals surface area contributed by atoms with Gasteiger partial charge in [0.2, 0.25) is 0 Å². The smallest absolute Gasteiger partial charge is 0.319 e. The summed E-state index contributed by atoms with van der Waals surface area (Å²) in [5.74, 6) is 0.568. The highest BCUT2D eigenvalue weighted by Gasteiger charge is 2.29. The zero-order valence-corrected chi connectivity index (χ0v) is 24.7. The molecule has 1 saturated heterocycles. The Balaban J connectivity index is 1.32. The summed E-state index contributed by atoms with van der Waals surface area (Å²) in [5, 5.41) is 11.4. The van der Waals surface area contributed by atoms with Crippen molar-refractivity contribution in [3.8, 4) is 5.75 Å². The number of hydrogen-bond acceptors (Lipinski definition) is 7. The highest BCUT2D eigenvalue weighted by molar-refractivity contribution is 6.30. The lowest BCUT2D eigenvalue weighted by Crippen LogP contribution is -2.40. The molecule has 3 aromatic rings. The van der Waals surface area contributed by atoms with Crippen molar-refractivity contribution >= 4 is 23.1 Å². The molecule has 1 atom stereocenters. The molecule has 2 aliphatic rings. The van der Waals surface area contributed by atoms with Gasteiger partial charge in [-0.3, -0.25) is 14.7 Å². The lowest BCUT2D eigenvalue weighted by molar-refractivity contribution is -0.142. The lowest BCUT2D eigenvalue weighted by atomic mass is 9.90. The van der Waals surface area contributed by atoms with Gasteiger partial charge < -0.3 is 19.5 Å². The first-order valence-corrected chi connectivity index (χ1v) is 14.5. The number of aliphatic hydroxyl groups is 1. The summed E-state index contributed by atoms with van der Waals surface area (Å²) in [6, 6.07) is 18.0. The SMILES string of the molecule is COC(=O)CN(Cc1ccc(Cl)cc1)C1CCN(CCC=C2c3cc(C(C)(C)O)ccc3OCc3ncccc32)C1. The van der Waals surface area contributed by atoms with E-state index in [4.69, 9.17) is 21.1 Å². The summed E-state index contributed by atoms with van der Waals surface area (Å²) < 4.78 is 11.1. The molecule has 5 rings (SSSR count). The van der Waals surface area contributed by atoms with E-state index in [9.17, 15) is 9.90 Å². The van der Waals surface area contributed by atoms with Crippen LogP contribution in [0.1, 0.15) is 54.6 Å². The van der Waals surface area contributed by atoms with Crippen LogP contribution >= 0.6 is 11.6 Å². The maximum absolute atomic E-state index is 12.2. The van der Waals surface area contributed by atoms with Gasteiger partial charge in [-0.25, -0.2) is 0 Å². The van der Waals surface area contributed by atoms with Gasteiger partial charge in [0.05, 0.1) is 24.9 Å². The molecule has 0 aliphatic carbocycles. The molecule has 8 heteroatoms. The van der Waals surface area contributed by atoms with E-state index >= 15 is 0 Å². The molecule has 41 heavy (non-hydrogen) atoms. The molecule has 216 valence electrons. The first-order chi connectivity index (χ1) is 19.7. The molecule has 1 fully saturated rings. The number of pyridine rings is 1. The summed E-state index contributed by atoms with van der Waals surface area (Å²) in [4.78, 5) is 21.5. The van der Waals surface area contributed by atoms with Crippen LogP contribution in [-0.4, -0.2) is 65.2 Å². The molecule has 1 aromatic heterocycles. The second-order valence-corrected chi connectivity index (χ2v) is 11.7. The average molecular weight is 576 g/mol. The van der Waals surface area contributed by atoms with Crippen molar-refractivity contribution < 1.29 is 19.4 Å². The lowest BCUT2D eigenvalue weighted by Gasteiger charge is -2.28. The number of esters is 1. The van der Waals surface area contributed by atoms with Gasteiger partial charge in [-0.1, -0.05) is 41.9 Å². The molecule has 0 saturated carbocycles. The molecular weight excluding hydrogens is 538 g/mol. The van der Waals surface area contributed by atoms with Gasteiger partial charge in [0.15, 0.2) is 0 Å². The van der Waals surface area contributed by atoms with Gasteiger partial charge in [0, 0.05) is 48.0 Å². The van der Waals surface area contributed by atoms with Gasteiger partial charge in [0.25, 0.3) is 0 Å². The standard InChI is InChI=1S/C33H38ClN3O4/c1-33(2,39)24-10-13-31-29(18-24)27(28-6-4-15-35-30(28)22-41-31)7-5-16-36-17-14-26(20-36)37(21-32(38)40-3)19-23-8-11-25(34)12-9-23/h4,6-13,15,18,26,39H,5,14,16-17,19-22H2,1-3H3. The van der Waals surface area contributed by atoms with Gasteiger partial charge in [-0.15, -0.1) is 0 Å². The highest BCUT2D eigenvalue weighted by Crippen LogP contribution is 2.38. The second kappa shape index (κ2) is 12.7. The summed E-state index contributed by atoms with van der Waals surface area (Å²) in [7, 11) is 1.44. The highest BCUT2D eigenvalue weighted by atomic mass is 35.5. The van der Waals surface area contributed by atoms with Crippen LogP contribution in [0.4, 0.5) is 0 Å². The number of aromatic nitrogens is 1. The number of ether oxygens (including phenoxy) is 2. The molecule has 7 nitrogen and oxygen atoms in total. The number of carbonyl (C=O) groups is 1. The van der Waals surface area contributed by atoms with Crippen molar-refractivity contribution in [3.63, 3.8) is 0 Å². The van der Waals surface area contributed by atoms with Crippen molar-refractivity contribution in [2.45, 2.75) is 51.5 Å². The molecule has 0 radical (unpaired) electrons. The Hall–Kier alpha value is -3.23. The fourth-order valence-electron chi connectivity index (χ4n) is 5.63. The zero-order chi connectivity index (χ0) is 29.0. The Labute approximate surface area is 247 Å². The van der Waals surface area contributed by atoms with Crippen LogP contribution in [0.15, 0.2) is 66.9 Å². The minimum Gasteiger partial charge on any atom is -0.487 e. The number of fused-ring (bicyclic) bond motifs is 2. The monoisotopic (exact) mass is 575 g/mol. The fourth-order valence-corrected chi connectivity index (χ4v) is 5.76. The van der Waals surface area contributed by atoms with Crippen molar-refractivity contribution in [2.24, 2.45) is 0 Å². The maximum Gasteiger partial charge on any atom is 0.319 e. The number of methoxy groups -OCH3 is 1. The zero-order valence-electron chi connectivity index (χ0n) is 24.0. The first-order valence-electron chi connectivity index (χ1n) is 14.1. The van der Waals surface area contributed by atoms with Gasteiger partial charge in [-0.2, -0.15) is 0 Å². The van der Waals surface area contributed by atoms with Crippen LogP contribution in [0.25, 0.3) is 5.57 Å². The molecule has 2 aromatic carbocycles. The molecular formula is C33H38ClN3O4. The Kier molecular flexibility index (Phi) is 9.09. The first kappa shape index (κ1) is 29.3. The minimum absolute atomic E-state index is 0.228. The van der Waals surface area contributed by atoms with Crippen molar-refractivity contribution in [3.05, 3.63) is 99.8 Å². The number of rotatable bonds is 9. The Morgan fingerprint density at radius 3 is 2.78 bits per heavy atom. The molecule has 0 spiro atoms. The van der Waals surface area contributed by atoms with E-state index in [1.54, 1.807) is 20.0 Å². The number of nitrogens with zero attached hydrogens (tertiary/aromatic N) is 3. The third kappa shape index (κ3) is 7.16. The molecule has 1 unspecified atom stereocenters. The van der Waals surface area contributed by atoms with E-state index in [0.717, 1.165) is 71.7 Å². The van der Waals surface area contributed by atoms with E-state index in [2.05, 4.69) is 26.9 Å². The van der Waals surface area contributed by atoms with Crippen LogP contribution in [0.3, 0.4) is 0 Å². The van der Waals surface area contributed by atoms with E-state index in [0.29, 0.717) is 18.2 Å². The van der Waals surface area contributed by atoms with Crippen LogP contribution < -0.4 is 4.74 Å². The minimum atomic E-state index is -0.961. The van der Waals surface area contributed by atoms with Gasteiger partial charge in [0.1, 0.15) is 12.4 Å². The van der Waals surface area contributed by atoms with Gasteiger partial charge >= 0.3 is 5.97 Å². The van der Waals surface area contributed by atoms with E-state index in [-0.39, 0.29) is 18.6 Å². The largest absolute Gasteiger partial charge is 0.487 e. The van der Waals surface area contributed by atoms with Crippen LogP contribution in [0, 0.1) is 0 Å². The summed E-state index contributed by atoms with van der Waals surface area (Å²) in [6.45, 7) is 7.66. The Bertz CT molecular complexity index is 1400. The number of halogens is 1. The second-order valence-electron chi connectivity index (χ2n) is 11.3. The summed E-state index contributed by atoms with van der Waals surface area (Å²) in [5.41, 5.74) is 5.02. The van der Waals surface area contributed by atoms with E-state index in [1.165, 1.54) is 7.11 Å². The van der Waals surface area contributed by atoms with E-state index < -0.39 is 5.60 Å². The Morgan fingerprint density at radius 1 is 1.22 bits per heavy atom. The normalized spacial score (nSPS) is 18.1. The third-order valence-electron chi connectivity index (χ3n) is 7.94. The maximum atomic E-state index is 12.2. The predicted molar refractivity (Wildman–Crippen MR) is 161 cm³/mol. The van der Waals surface area contributed by atoms with Crippen molar-refractivity contribution in [1.82, 2.24) is 14.8 Å².